The Labute approximate surface area is 87.7 Å². The normalized spacial score (nSPS) is 9.93. The van der Waals surface area contributed by atoms with Crippen molar-refractivity contribution in [3.63, 3.8) is 0 Å². The van der Waals surface area contributed by atoms with Gasteiger partial charge in [0.1, 0.15) is 0 Å². The van der Waals surface area contributed by atoms with Crippen LogP contribution < -0.4 is 5.73 Å². The Balaban J connectivity index is 2.71. The molecule has 0 aliphatic rings. The minimum absolute atomic E-state index is 0.00242. The number of aromatic carboxylic acids is 1. The molecule has 0 fully saturated rings. The van der Waals surface area contributed by atoms with Gasteiger partial charge >= 0.3 is 5.97 Å². The maximum Gasteiger partial charge on any atom is 0.335 e. The van der Waals surface area contributed by atoms with Crippen LogP contribution in [0.1, 0.15) is 33.6 Å². The van der Waals surface area contributed by atoms with Crippen LogP contribution in [0.15, 0.2) is 24.3 Å². The number of rotatable bonds is 5. The molecule has 0 bridgehead atoms. The summed E-state index contributed by atoms with van der Waals surface area (Å²) in [5.41, 5.74) is 6.01. The van der Waals surface area contributed by atoms with Gasteiger partial charge < -0.3 is 10.8 Å². The smallest absolute Gasteiger partial charge is 0.335 e. The Morgan fingerprint density at radius 2 is 1.67 bits per heavy atom. The quantitative estimate of drug-likeness (QED) is 0.713. The number of carbonyl (C=O) groups is 2. The number of hydrogen-bond donors (Lipinski definition) is 2. The minimum Gasteiger partial charge on any atom is -0.478 e. The molecule has 0 amide bonds. The van der Waals surface area contributed by atoms with Crippen molar-refractivity contribution in [3.8, 4) is 0 Å². The van der Waals surface area contributed by atoms with Gasteiger partial charge in [0.05, 0.1) is 5.56 Å². The molecule has 0 atom stereocenters. The molecule has 15 heavy (non-hydrogen) atoms. The van der Waals surface area contributed by atoms with E-state index in [9.17, 15) is 9.59 Å². The molecule has 4 heteroatoms. The SMILES string of the molecule is NCCCC(=O)c1ccc(C(=O)O)cc1. The lowest BCUT2D eigenvalue weighted by Gasteiger charge is -2.00. The van der Waals surface area contributed by atoms with Crippen LogP contribution in [-0.4, -0.2) is 23.4 Å². The lowest BCUT2D eigenvalue weighted by molar-refractivity contribution is 0.0696. The van der Waals surface area contributed by atoms with E-state index < -0.39 is 5.97 Å². The average molecular weight is 207 g/mol. The number of nitrogens with two attached hydrogens (primary N) is 1. The summed E-state index contributed by atoms with van der Waals surface area (Å²) >= 11 is 0. The highest BCUT2D eigenvalue weighted by molar-refractivity contribution is 5.97. The number of hydrogen-bond acceptors (Lipinski definition) is 3. The average Bonchev–Trinajstić information content (AvgIpc) is 2.26. The number of ketones is 1. The monoisotopic (exact) mass is 207 g/mol. The van der Waals surface area contributed by atoms with Crippen molar-refractivity contribution in [2.75, 3.05) is 6.54 Å². The summed E-state index contributed by atoms with van der Waals surface area (Å²) in [6.45, 7) is 0.485. The molecule has 0 saturated carbocycles. The molecular weight excluding hydrogens is 194 g/mol. The lowest BCUT2D eigenvalue weighted by atomic mass is 10.0. The first-order valence-electron chi connectivity index (χ1n) is 4.72. The zero-order valence-corrected chi connectivity index (χ0v) is 8.27. The van der Waals surface area contributed by atoms with Crippen molar-refractivity contribution in [1.29, 1.82) is 0 Å². The molecule has 4 nitrogen and oxygen atoms in total. The van der Waals surface area contributed by atoms with Crippen LogP contribution in [0, 0.1) is 0 Å². The van der Waals surface area contributed by atoms with E-state index in [1.807, 2.05) is 0 Å². The number of Topliss-reactive ketones (excluding diaryl/α,β-unsaturated/α-hetero) is 1. The maximum atomic E-state index is 11.5. The van der Waals surface area contributed by atoms with Crippen molar-refractivity contribution >= 4 is 11.8 Å². The molecule has 0 spiro atoms. The van der Waals surface area contributed by atoms with Gasteiger partial charge in [-0.25, -0.2) is 4.79 Å². The highest BCUT2D eigenvalue weighted by atomic mass is 16.4. The summed E-state index contributed by atoms with van der Waals surface area (Å²) < 4.78 is 0. The molecule has 0 aliphatic carbocycles. The molecule has 0 radical (unpaired) electrons. The second kappa shape index (κ2) is 5.26. The van der Waals surface area contributed by atoms with E-state index in [0.29, 0.717) is 24.9 Å². The highest BCUT2D eigenvalue weighted by Crippen LogP contribution is 2.07. The van der Waals surface area contributed by atoms with Gasteiger partial charge in [-0.05, 0) is 25.1 Å². The summed E-state index contributed by atoms with van der Waals surface area (Å²) in [4.78, 5) is 22.0. The summed E-state index contributed by atoms with van der Waals surface area (Å²) in [5, 5.41) is 8.65. The Kier molecular flexibility index (Phi) is 4.00. The van der Waals surface area contributed by atoms with Gasteiger partial charge in [0.25, 0.3) is 0 Å². The van der Waals surface area contributed by atoms with E-state index in [1.165, 1.54) is 24.3 Å². The molecule has 0 unspecified atom stereocenters. The Morgan fingerprint density at radius 1 is 1.13 bits per heavy atom. The number of benzene rings is 1. The van der Waals surface area contributed by atoms with Crippen LogP contribution in [0.2, 0.25) is 0 Å². The second-order valence-corrected chi connectivity index (χ2v) is 3.20. The number of carboxylic acid groups (broad SMARTS) is 1. The molecule has 0 aliphatic heterocycles. The maximum absolute atomic E-state index is 11.5. The first-order valence-corrected chi connectivity index (χ1v) is 4.72. The molecule has 0 saturated heterocycles. The summed E-state index contributed by atoms with van der Waals surface area (Å²) in [5.74, 6) is -0.992. The molecule has 0 aromatic heterocycles. The highest BCUT2D eigenvalue weighted by Gasteiger charge is 2.06. The molecule has 1 rings (SSSR count). The summed E-state index contributed by atoms with van der Waals surface area (Å²) in [6.07, 6.45) is 1.06. The van der Waals surface area contributed by atoms with Crippen LogP contribution in [0.4, 0.5) is 0 Å². The fourth-order valence-electron chi connectivity index (χ4n) is 1.21. The van der Waals surface area contributed by atoms with Gasteiger partial charge in [-0.1, -0.05) is 12.1 Å². The van der Waals surface area contributed by atoms with Crippen LogP contribution in [0.5, 0.6) is 0 Å². The first-order chi connectivity index (χ1) is 7.15. The van der Waals surface area contributed by atoms with E-state index in [4.69, 9.17) is 10.8 Å². The summed E-state index contributed by atoms with van der Waals surface area (Å²) in [7, 11) is 0. The molecule has 1 aromatic carbocycles. The van der Waals surface area contributed by atoms with Gasteiger partial charge in [-0.2, -0.15) is 0 Å². The predicted molar refractivity (Wildman–Crippen MR) is 56.0 cm³/mol. The zero-order chi connectivity index (χ0) is 11.3. The van der Waals surface area contributed by atoms with E-state index in [-0.39, 0.29) is 11.3 Å². The third-order valence-corrected chi connectivity index (χ3v) is 2.06. The third kappa shape index (κ3) is 3.18. The lowest BCUT2D eigenvalue weighted by Crippen LogP contribution is -2.05. The predicted octanol–water partition coefficient (Wildman–Crippen LogP) is 1.31. The number of carbonyl (C=O) groups excluding carboxylic acids is 1. The minimum atomic E-state index is -0.990. The van der Waals surface area contributed by atoms with E-state index >= 15 is 0 Å². The standard InChI is InChI=1S/C11H13NO3/c12-7-1-2-10(13)8-3-5-9(6-4-8)11(14)15/h3-6H,1-2,7,12H2,(H,14,15). The van der Waals surface area contributed by atoms with Crippen molar-refractivity contribution < 1.29 is 14.7 Å². The largest absolute Gasteiger partial charge is 0.478 e. The van der Waals surface area contributed by atoms with Crippen molar-refractivity contribution in [2.24, 2.45) is 5.73 Å². The number of carboxylic acids is 1. The van der Waals surface area contributed by atoms with Crippen LogP contribution in [0.3, 0.4) is 0 Å². The molecule has 1 aromatic rings. The molecule has 0 heterocycles. The fraction of sp³-hybridized carbons (Fsp3) is 0.273. The third-order valence-electron chi connectivity index (χ3n) is 2.06. The fourth-order valence-corrected chi connectivity index (χ4v) is 1.21. The van der Waals surface area contributed by atoms with Crippen LogP contribution >= 0.6 is 0 Å². The van der Waals surface area contributed by atoms with Gasteiger partial charge in [-0.15, -0.1) is 0 Å². The van der Waals surface area contributed by atoms with E-state index in [0.717, 1.165) is 0 Å². The van der Waals surface area contributed by atoms with Gasteiger partial charge in [0.2, 0.25) is 0 Å². The zero-order valence-electron chi connectivity index (χ0n) is 8.27. The Hall–Kier alpha value is -1.68. The van der Waals surface area contributed by atoms with Crippen molar-refractivity contribution in [1.82, 2.24) is 0 Å². The first kappa shape index (κ1) is 11.4. The van der Waals surface area contributed by atoms with Crippen LogP contribution in [-0.2, 0) is 0 Å². The Morgan fingerprint density at radius 3 is 2.13 bits per heavy atom. The van der Waals surface area contributed by atoms with Gasteiger partial charge in [0, 0.05) is 12.0 Å². The van der Waals surface area contributed by atoms with Crippen molar-refractivity contribution in [2.45, 2.75) is 12.8 Å². The van der Waals surface area contributed by atoms with Gasteiger partial charge in [-0.3, -0.25) is 4.79 Å². The topological polar surface area (TPSA) is 80.4 Å². The van der Waals surface area contributed by atoms with Crippen LogP contribution in [0.25, 0.3) is 0 Å². The van der Waals surface area contributed by atoms with E-state index in [2.05, 4.69) is 0 Å². The Bertz CT molecular complexity index is 357. The van der Waals surface area contributed by atoms with Gasteiger partial charge in [0.15, 0.2) is 5.78 Å². The van der Waals surface area contributed by atoms with E-state index in [1.54, 1.807) is 0 Å². The van der Waals surface area contributed by atoms with Crippen molar-refractivity contribution in [3.05, 3.63) is 35.4 Å². The molecular formula is C11H13NO3. The second-order valence-electron chi connectivity index (χ2n) is 3.20. The summed E-state index contributed by atoms with van der Waals surface area (Å²) in [6, 6.07) is 5.92. The molecule has 80 valence electrons. The molecule has 3 N–H and O–H groups in total.